The molecule has 0 bridgehead atoms. The highest BCUT2D eigenvalue weighted by atomic mass is 16.2. The molecule has 2 fully saturated rings. The summed E-state index contributed by atoms with van der Waals surface area (Å²) in [5, 5.41) is 3.22. The Balaban J connectivity index is 1.55. The number of anilines is 1. The van der Waals surface area contributed by atoms with E-state index in [4.69, 9.17) is 4.98 Å². The molecule has 1 aliphatic carbocycles. The lowest BCUT2D eigenvalue weighted by atomic mass is 9.96. The van der Waals surface area contributed by atoms with E-state index < -0.39 is 0 Å². The highest BCUT2D eigenvalue weighted by Crippen LogP contribution is 2.20. The summed E-state index contributed by atoms with van der Waals surface area (Å²) in [6.07, 6.45) is 6.05. The third-order valence-electron chi connectivity index (χ3n) is 5.20. The molecule has 1 aromatic rings. The molecule has 0 radical (unpaired) electrons. The van der Waals surface area contributed by atoms with Gasteiger partial charge in [-0.25, -0.2) is 14.8 Å². The third kappa shape index (κ3) is 4.61. The van der Waals surface area contributed by atoms with Gasteiger partial charge in [0.2, 0.25) is 0 Å². The van der Waals surface area contributed by atoms with Gasteiger partial charge in [-0.2, -0.15) is 0 Å². The second-order valence-corrected chi connectivity index (χ2v) is 7.64. The fourth-order valence-corrected chi connectivity index (χ4v) is 3.65. The van der Waals surface area contributed by atoms with Gasteiger partial charge in [0.25, 0.3) is 0 Å². The SMILES string of the molecule is Cc1cc(N2CCN(C(=O)NC3CCCCC3)CC2)nc(C(C)C)n1. The number of urea groups is 1. The predicted molar refractivity (Wildman–Crippen MR) is 100 cm³/mol. The first kappa shape index (κ1) is 18.0. The number of amides is 2. The van der Waals surface area contributed by atoms with Crippen molar-refractivity contribution < 1.29 is 4.79 Å². The summed E-state index contributed by atoms with van der Waals surface area (Å²) in [7, 11) is 0. The van der Waals surface area contributed by atoms with Crippen molar-refractivity contribution in [3.05, 3.63) is 17.6 Å². The van der Waals surface area contributed by atoms with Crippen LogP contribution in [0.15, 0.2) is 6.07 Å². The molecule has 6 heteroatoms. The first-order valence-corrected chi connectivity index (χ1v) is 9.69. The molecule has 2 heterocycles. The molecule has 6 nitrogen and oxygen atoms in total. The van der Waals surface area contributed by atoms with Gasteiger partial charge in [0.15, 0.2) is 0 Å². The second-order valence-electron chi connectivity index (χ2n) is 7.64. The predicted octanol–water partition coefficient (Wildman–Crippen LogP) is 3.07. The molecule has 3 rings (SSSR count). The monoisotopic (exact) mass is 345 g/mol. The van der Waals surface area contributed by atoms with Crippen LogP contribution in [-0.2, 0) is 0 Å². The van der Waals surface area contributed by atoms with Crippen molar-refractivity contribution >= 4 is 11.8 Å². The van der Waals surface area contributed by atoms with Crippen molar-refractivity contribution in [3.63, 3.8) is 0 Å². The molecular formula is C19H31N5O. The van der Waals surface area contributed by atoms with Crippen LogP contribution in [0.2, 0.25) is 0 Å². The van der Waals surface area contributed by atoms with Crippen LogP contribution < -0.4 is 10.2 Å². The molecule has 1 aliphatic heterocycles. The lowest BCUT2D eigenvalue weighted by Gasteiger charge is -2.36. The standard InChI is InChI=1S/C19H31N5O/c1-14(2)18-20-15(3)13-17(22-18)23-9-11-24(12-10-23)19(25)21-16-7-5-4-6-8-16/h13-14,16H,4-12H2,1-3H3,(H,21,25). The number of nitrogens with one attached hydrogen (secondary N) is 1. The highest BCUT2D eigenvalue weighted by Gasteiger charge is 2.24. The van der Waals surface area contributed by atoms with Crippen LogP contribution in [0.5, 0.6) is 0 Å². The largest absolute Gasteiger partial charge is 0.353 e. The third-order valence-corrected chi connectivity index (χ3v) is 5.20. The summed E-state index contributed by atoms with van der Waals surface area (Å²) in [5.41, 5.74) is 1.01. The van der Waals surface area contributed by atoms with E-state index in [2.05, 4.69) is 29.0 Å². The Morgan fingerprint density at radius 3 is 2.44 bits per heavy atom. The molecule has 0 spiro atoms. The smallest absolute Gasteiger partial charge is 0.317 e. The quantitative estimate of drug-likeness (QED) is 0.914. The van der Waals surface area contributed by atoms with Crippen LogP contribution >= 0.6 is 0 Å². The Kier molecular flexibility index (Phi) is 5.76. The van der Waals surface area contributed by atoms with Crippen LogP contribution in [0.4, 0.5) is 10.6 Å². The van der Waals surface area contributed by atoms with Gasteiger partial charge >= 0.3 is 6.03 Å². The van der Waals surface area contributed by atoms with E-state index in [1.807, 2.05) is 17.9 Å². The zero-order chi connectivity index (χ0) is 17.8. The van der Waals surface area contributed by atoms with E-state index >= 15 is 0 Å². The van der Waals surface area contributed by atoms with E-state index in [0.717, 1.165) is 56.4 Å². The van der Waals surface area contributed by atoms with E-state index in [0.29, 0.717) is 12.0 Å². The van der Waals surface area contributed by atoms with Crippen molar-refractivity contribution in [2.45, 2.75) is 64.8 Å². The topological polar surface area (TPSA) is 61.4 Å². The van der Waals surface area contributed by atoms with Crippen LogP contribution in [0.1, 0.15) is 63.4 Å². The number of carbonyl (C=O) groups excluding carboxylic acids is 1. The number of aryl methyl sites for hydroxylation is 1. The van der Waals surface area contributed by atoms with Crippen molar-refractivity contribution in [2.75, 3.05) is 31.1 Å². The van der Waals surface area contributed by atoms with Crippen molar-refractivity contribution in [3.8, 4) is 0 Å². The minimum atomic E-state index is 0.105. The summed E-state index contributed by atoms with van der Waals surface area (Å²) in [4.78, 5) is 25.9. The van der Waals surface area contributed by atoms with Crippen LogP contribution in [0, 0.1) is 6.92 Å². The van der Waals surface area contributed by atoms with E-state index in [1.54, 1.807) is 0 Å². The van der Waals surface area contributed by atoms with Crippen LogP contribution in [0.25, 0.3) is 0 Å². The van der Waals surface area contributed by atoms with Crippen LogP contribution in [-0.4, -0.2) is 53.1 Å². The molecule has 2 aliphatic rings. The maximum absolute atomic E-state index is 12.5. The van der Waals surface area contributed by atoms with Crippen molar-refractivity contribution in [1.29, 1.82) is 0 Å². The molecule has 0 aromatic carbocycles. The average molecular weight is 345 g/mol. The number of carbonyl (C=O) groups is 1. The van der Waals surface area contributed by atoms with Gasteiger partial charge in [-0.3, -0.25) is 0 Å². The summed E-state index contributed by atoms with van der Waals surface area (Å²) >= 11 is 0. The first-order valence-electron chi connectivity index (χ1n) is 9.69. The van der Waals surface area contributed by atoms with Gasteiger partial charge in [0.05, 0.1) is 0 Å². The Hall–Kier alpha value is -1.85. The maximum Gasteiger partial charge on any atom is 0.317 e. The number of hydrogen-bond acceptors (Lipinski definition) is 4. The molecule has 1 N–H and O–H groups in total. The van der Waals surface area contributed by atoms with Gasteiger partial charge < -0.3 is 15.1 Å². The maximum atomic E-state index is 12.5. The summed E-state index contributed by atoms with van der Waals surface area (Å²) < 4.78 is 0. The van der Waals surface area contributed by atoms with Gasteiger partial charge in [-0.05, 0) is 19.8 Å². The van der Waals surface area contributed by atoms with Crippen molar-refractivity contribution in [1.82, 2.24) is 20.2 Å². The number of rotatable bonds is 3. The Morgan fingerprint density at radius 1 is 1.12 bits per heavy atom. The normalized spacial score (nSPS) is 19.4. The lowest BCUT2D eigenvalue weighted by molar-refractivity contribution is 0.186. The van der Waals surface area contributed by atoms with Gasteiger partial charge in [0, 0.05) is 49.9 Å². The Labute approximate surface area is 151 Å². The fraction of sp³-hybridized carbons (Fsp3) is 0.737. The summed E-state index contributed by atoms with van der Waals surface area (Å²) in [6.45, 7) is 9.40. The number of aromatic nitrogens is 2. The van der Waals surface area contributed by atoms with Crippen LogP contribution in [0.3, 0.4) is 0 Å². The Morgan fingerprint density at radius 2 is 1.80 bits per heavy atom. The molecule has 1 aromatic heterocycles. The average Bonchev–Trinajstić information content (AvgIpc) is 2.62. The minimum Gasteiger partial charge on any atom is -0.353 e. The summed E-state index contributed by atoms with van der Waals surface area (Å²) in [5.74, 6) is 2.21. The van der Waals surface area contributed by atoms with Gasteiger partial charge in [-0.1, -0.05) is 33.1 Å². The van der Waals surface area contributed by atoms with E-state index in [9.17, 15) is 4.79 Å². The lowest BCUT2D eigenvalue weighted by Crippen LogP contribution is -2.54. The Bertz CT molecular complexity index is 589. The fourth-order valence-electron chi connectivity index (χ4n) is 3.65. The molecule has 0 unspecified atom stereocenters. The van der Waals surface area contributed by atoms with E-state index in [1.165, 1.54) is 19.3 Å². The molecule has 1 saturated heterocycles. The molecule has 0 atom stereocenters. The number of hydrogen-bond donors (Lipinski definition) is 1. The molecule has 2 amide bonds. The van der Waals surface area contributed by atoms with Gasteiger partial charge in [-0.15, -0.1) is 0 Å². The van der Waals surface area contributed by atoms with E-state index in [-0.39, 0.29) is 6.03 Å². The second kappa shape index (κ2) is 8.02. The molecule has 25 heavy (non-hydrogen) atoms. The highest BCUT2D eigenvalue weighted by molar-refractivity contribution is 5.74. The number of piperazine rings is 1. The zero-order valence-corrected chi connectivity index (χ0v) is 15.8. The summed E-state index contributed by atoms with van der Waals surface area (Å²) in [6, 6.07) is 2.52. The molecular weight excluding hydrogens is 314 g/mol. The number of nitrogens with zero attached hydrogens (tertiary/aromatic N) is 4. The molecule has 1 saturated carbocycles. The zero-order valence-electron chi connectivity index (χ0n) is 15.8. The van der Waals surface area contributed by atoms with Gasteiger partial charge in [0.1, 0.15) is 11.6 Å². The van der Waals surface area contributed by atoms with Crippen molar-refractivity contribution in [2.24, 2.45) is 0 Å². The molecule has 138 valence electrons. The first-order chi connectivity index (χ1) is 12.0. The minimum absolute atomic E-state index is 0.105.